The number of aromatic nitrogens is 3. The minimum atomic E-state index is 0.447. The van der Waals surface area contributed by atoms with E-state index in [1.807, 2.05) is 38.6 Å². The van der Waals surface area contributed by atoms with Crippen LogP contribution >= 0.6 is 0 Å². The van der Waals surface area contributed by atoms with Crippen LogP contribution in [0.1, 0.15) is 31.2 Å². The first-order chi connectivity index (χ1) is 14.2. The van der Waals surface area contributed by atoms with Gasteiger partial charge in [-0.2, -0.15) is 4.98 Å². The molecule has 1 aliphatic carbocycles. The van der Waals surface area contributed by atoms with Gasteiger partial charge in [0.2, 0.25) is 5.95 Å². The van der Waals surface area contributed by atoms with Crippen LogP contribution in [-0.4, -0.2) is 41.6 Å². The summed E-state index contributed by atoms with van der Waals surface area (Å²) in [7, 11) is 4.06. The summed E-state index contributed by atoms with van der Waals surface area (Å²) >= 11 is 0. The van der Waals surface area contributed by atoms with E-state index in [1.165, 1.54) is 18.4 Å². The second kappa shape index (κ2) is 9.18. The van der Waals surface area contributed by atoms with Gasteiger partial charge in [0.1, 0.15) is 5.82 Å². The van der Waals surface area contributed by atoms with Gasteiger partial charge in [-0.15, -0.1) is 0 Å². The second-order valence-electron chi connectivity index (χ2n) is 8.13. The van der Waals surface area contributed by atoms with Crippen molar-refractivity contribution in [2.24, 2.45) is 5.92 Å². The topological polar surface area (TPSA) is 66.0 Å². The molecule has 0 unspecified atom stereocenters. The zero-order valence-corrected chi connectivity index (χ0v) is 17.3. The Balaban J connectivity index is 1.30. The molecule has 0 radical (unpaired) electrons. The van der Waals surface area contributed by atoms with Crippen molar-refractivity contribution in [1.29, 1.82) is 0 Å². The van der Waals surface area contributed by atoms with Crippen LogP contribution in [0.25, 0.3) is 10.9 Å². The lowest BCUT2D eigenvalue weighted by molar-refractivity contribution is 0.324. The lowest BCUT2D eigenvalue weighted by Crippen LogP contribution is -2.31. The number of anilines is 2. The number of rotatable bonds is 7. The monoisotopic (exact) mass is 390 g/mol. The Hall–Kier alpha value is -2.73. The molecule has 4 rings (SSSR count). The smallest absolute Gasteiger partial charge is 0.225 e. The van der Waals surface area contributed by atoms with E-state index in [1.54, 1.807) is 0 Å². The molecule has 29 heavy (non-hydrogen) atoms. The van der Waals surface area contributed by atoms with E-state index in [9.17, 15) is 0 Å². The van der Waals surface area contributed by atoms with Gasteiger partial charge in [-0.3, -0.25) is 4.98 Å². The molecule has 6 heteroatoms. The molecule has 2 heterocycles. The predicted octanol–water partition coefficient (Wildman–Crippen LogP) is 3.85. The maximum Gasteiger partial charge on any atom is 0.225 e. The average Bonchev–Trinajstić information content (AvgIpc) is 2.75. The quantitative estimate of drug-likeness (QED) is 0.639. The maximum absolute atomic E-state index is 4.78. The van der Waals surface area contributed by atoms with Crippen molar-refractivity contribution in [2.75, 3.05) is 30.9 Å². The largest absolute Gasteiger partial charge is 0.362 e. The summed E-state index contributed by atoms with van der Waals surface area (Å²) in [5.41, 5.74) is 2.28. The van der Waals surface area contributed by atoms with E-state index < -0.39 is 0 Å². The number of pyridine rings is 1. The van der Waals surface area contributed by atoms with E-state index in [0.717, 1.165) is 54.5 Å². The maximum atomic E-state index is 4.78. The Bertz CT molecular complexity index is 919. The molecular weight excluding hydrogens is 360 g/mol. The highest BCUT2D eigenvalue weighted by Gasteiger charge is 2.22. The van der Waals surface area contributed by atoms with Crippen molar-refractivity contribution >= 4 is 22.7 Å². The summed E-state index contributed by atoms with van der Waals surface area (Å²) in [6.07, 6.45) is 8.49. The van der Waals surface area contributed by atoms with Gasteiger partial charge in [-0.05, 0) is 68.0 Å². The van der Waals surface area contributed by atoms with Crippen LogP contribution in [0.4, 0.5) is 11.8 Å². The van der Waals surface area contributed by atoms with Crippen LogP contribution in [-0.2, 0) is 6.54 Å². The highest BCUT2D eigenvalue weighted by molar-refractivity contribution is 5.90. The van der Waals surface area contributed by atoms with Gasteiger partial charge in [-0.25, -0.2) is 4.98 Å². The van der Waals surface area contributed by atoms with Gasteiger partial charge >= 0.3 is 0 Å². The van der Waals surface area contributed by atoms with Crippen LogP contribution in [0.5, 0.6) is 0 Å². The number of benzene rings is 1. The lowest BCUT2D eigenvalue weighted by Gasteiger charge is -2.29. The third kappa shape index (κ3) is 5.01. The van der Waals surface area contributed by atoms with Crippen molar-refractivity contribution < 1.29 is 0 Å². The molecule has 0 aliphatic heterocycles. The number of hydrogen-bond donors (Lipinski definition) is 2. The molecule has 2 N–H and O–H groups in total. The molecule has 1 aromatic carbocycles. The molecule has 1 saturated carbocycles. The Kier molecular flexibility index (Phi) is 6.20. The molecule has 0 spiro atoms. The van der Waals surface area contributed by atoms with Gasteiger partial charge in [0.15, 0.2) is 0 Å². The van der Waals surface area contributed by atoms with Crippen molar-refractivity contribution in [1.82, 2.24) is 20.3 Å². The first-order valence-corrected chi connectivity index (χ1v) is 10.5. The summed E-state index contributed by atoms with van der Waals surface area (Å²) < 4.78 is 0. The summed E-state index contributed by atoms with van der Waals surface area (Å²) in [6.45, 7) is 1.99. The Morgan fingerprint density at radius 2 is 1.72 bits per heavy atom. The van der Waals surface area contributed by atoms with Crippen molar-refractivity contribution in [3.8, 4) is 0 Å². The second-order valence-corrected chi connectivity index (χ2v) is 8.13. The molecule has 152 valence electrons. The molecule has 1 fully saturated rings. The standard InChI is InChI=1S/C23H30N6/c1-29(2)22-20-5-3-4-6-21(20)27-23(28-22)26-19-9-7-17(8-10-19)15-25-16-18-11-13-24-14-12-18/h3-6,11-14,17,19,25H,7-10,15-16H2,1-2H3,(H,26,27,28)/t17-,19+. The van der Waals surface area contributed by atoms with E-state index in [4.69, 9.17) is 9.97 Å². The predicted molar refractivity (Wildman–Crippen MR) is 119 cm³/mol. The highest BCUT2D eigenvalue weighted by atomic mass is 15.2. The summed E-state index contributed by atoms with van der Waals surface area (Å²) in [4.78, 5) is 15.7. The minimum Gasteiger partial charge on any atom is -0.362 e. The van der Waals surface area contributed by atoms with E-state index in [2.05, 4.69) is 44.8 Å². The number of fused-ring (bicyclic) bond motifs is 1. The van der Waals surface area contributed by atoms with Crippen LogP contribution in [0.15, 0.2) is 48.8 Å². The first kappa shape index (κ1) is 19.6. The Morgan fingerprint density at radius 1 is 0.966 bits per heavy atom. The lowest BCUT2D eigenvalue weighted by atomic mass is 9.86. The molecule has 0 amide bonds. The van der Waals surface area contributed by atoms with Crippen molar-refractivity contribution in [2.45, 2.75) is 38.3 Å². The molecular formula is C23H30N6. The van der Waals surface area contributed by atoms with Crippen LogP contribution < -0.4 is 15.5 Å². The fourth-order valence-electron chi connectivity index (χ4n) is 4.08. The summed E-state index contributed by atoms with van der Waals surface area (Å²) in [6, 6.07) is 12.8. The zero-order chi connectivity index (χ0) is 20.1. The zero-order valence-electron chi connectivity index (χ0n) is 17.3. The van der Waals surface area contributed by atoms with Crippen LogP contribution in [0, 0.1) is 5.92 Å². The van der Waals surface area contributed by atoms with Gasteiger partial charge < -0.3 is 15.5 Å². The summed E-state index contributed by atoms with van der Waals surface area (Å²) in [5, 5.41) is 8.28. The fraction of sp³-hybridized carbons (Fsp3) is 0.435. The third-order valence-corrected chi connectivity index (χ3v) is 5.70. The molecule has 0 saturated heterocycles. The molecule has 3 aromatic rings. The van der Waals surface area contributed by atoms with Crippen LogP contribution in [0.2, 0.25) is 0 Å². The van der Waals surface area contributed by atoms with Crippen molar-refractivity contribution in [3.05, 3.63) is 54.4 Å². The number of para-hydroxylation sites is 1. The average molecular weight is 391 g/mol. The third-order valence-electron chi connectivity index (χ3n) is 5.70. The minimum absolute atomic E-state index is 0.447. The Labute approximate surface area is 172 Å². The first-order valence-electron chi connectivity index (χ1n) is 10.5. The SMILES string of the molecule is CN(C)c1nc(N[C@H]2CC[C@@H](CNCc3ccncc3)CC2)nc2ccccc12. The highest BCUT2D eigenvalue weighted by Crippen LogP contribution is 2.28. The van der Waals surface area contributed by atoms with Gasteiger partial charge in [0.05, 0.1) is 5.52 Å². The normalized spacial score (nSPS) is 19.2. The summed E-state index contributed by atoms with van der Waals surface area (Å²) in [5.74, 6) is 2.45. The molecule has 0 bridgehead atoms. The van der Waals surface area contributed by atoms with Gasteiger partial charge in [0, 0.05) is 44.5 Å². The van der Waals surface area contributed by atoms with E-state index >= 15 is 0 Å². The van der Waals surface area contributed by atoms with Crippen LogP contribution in [0.3, 0.4) is 0 Å². The molecule has 1 aliphatic rings. The molecule has 6 nitrogen and oxygen atoms in total. The molecule has 2 aromatic heterocycles. The number of nitrogens with one attached hydrogen (secondary N) is 2. The van der Waals surface area contributed by atoms with E-state index in [0.29, 0.717) is 6.04 Å². The fourth-order valence-corrected chi connectivity index (χ4v) is 4.08. The number of hydrogen-bond acceptors (Lipinski definition) is 6. The van der Waals surface area contributed by atoms with Crippen molar-refractivity contribution in [3.63, 3.8) is 0 Å². The van der Waals surface area contributed by atoms with Gasteiger partial charge in [-0.1, -0.05) is 12.1 Å². The van der Waals surface area contributed by atoms with E-state index in [-0.39, 0.29) is 0 Å². The molecule has 0 atom stereocenters. The van der Waals surface area contributed by atoms with Gasteiger partial charge in [0.25, 0.3) is 0 Å². The Morgan fingerprint density at radius 3 is 2.48 bits per heavy atom. The number of nitrogens with zero attached hydrogens (tertiary/aromatic N) is 4.